The van der Waals surface area contributed by atoms with E-state index in [9.17, 15) is 4.79 Å². The zero-order valence-corrected chi connectivity index (χ0v) is 13.3. The standard InChI is InChI=1S/C18H18N2O4/c1-22-10-13-9-14(20-24-13)18(21)19-17(11-6-7-11)16-8-12-4-2-3-5-15(12)23-16/h2-5,8-9,11,17H,6-7,10H2,1H3,(H,19,21)/t17-/m0/s1. The van der Waals surface area contributed by atoms with E-state index in [0.29, 0.717) is 11.7 Å². The van der Waals surface area contributed by atoms with Crippen molar-refractivity contribution in [2.75, 3.05) is 7.11 Å². The fourth-order valence-electron chi connectivity index (χ4n) is 2.85. The summed E-state index contributed by atoms with van der Waals surface area (Å²) in [4.78, 5) is 12.5. The minimum absolute atomic E-state index is 0.146. The molecule has 1 aliphatic rings. The van der Waals surface area contributed by atoms with Gasteiger partial charge in [-0.3, -0.25) is 4.79 Å². The second kappa shape index (κ2) is 6.13. The third-order valence-electron chi connectivity index (χ3n) is 4.21. The Bertz CT molecular complexity index is 830. The molecule has 4 rings (SSSR count). The molecule has 2 aromatic heterocycles. The molecule has 0 unspecified atom stereocenters. The third kappa shape index (κ3) is 2.92. The monoisotopic (exact) mass is 326 g/mol. The van der Waals surface area contributed by atoms with Crippen LogP contribution in [0.2, 0.25) is 0 Å². The Labute approximate surface area is 138 Å². The maximum absolute atomic E-state index is 12.5. The highest BCUT2D eigenvalue weighted by Crippen LogP contribution is 2.42. The average Bonchev–Trinajstić information content (AvgIpc) is 3.16. The zero-order chi connectivity index (χ0) is 16.5. The quantitative estimate of drug-likeness (QED) is 0.750. The van der Waals surface area contributed by atoms with E-state index in [-0.39, 0.29) is 24.2 Å². The highest BCUT2D eigenvalue weighted by molar-refractivity contribution is 5.92. The number of nitrogens with zero attached hydrogens (tertiary/aromatic N) is 1. The molecule has 3 aromatic rings. The molecule has 1 aromatic carbocycles. The van der Waals surface area contributed by atoms with E-state index in [1.165, 1.54) is 0 Å². The number of benzene rings is 1. The van der Waals surface area contributed by atoms with Crippen LogP contribution in [-0.2, 0) is 11.3 Å². The van der Waals surface area contributed by atoms with Crippen molar-refractivity contribution in [3.05, 3.63) is 53.6 Å². The summed E-state index contributed by atoms with van der Waals surface area (Å²) in [5.41, 5.74) is 1.08. The average molecular weight is 326 g/mol. The lowest BCUT2D eigenvalue weighted by atomic mass is 10.1. The van der Waals surface area contributed by atoms with E-state index < -0.39 is 0 Å². The van der Waals surface area contributed by atoms with Crippen molar-refractivity contribution in [1.82, 2.24) is 10.5 Å². The number of carbonyl (C=O) groups excluding carboxylic acids is 1. The second-order valence-electron chi connectivity index (χ2n) is 6.09. The number of hydrogen-bond donors (Lipinski definition) is 1. The zero-order valence-electron chi connectivity index (χ0n) is 13.3. The summed E-state index contributed by atoms with van der Waals surface area (Å²) in [7, 11) is 1.56. The Hall–Kier alpha value is -2.60. The maximum atomic E-state index is 12.5. The van der Waals surface area contributed by atoms with Crippen LogP contribution in [0, 0.1) is 5.92 Å². The Kier molecular flexibility index (Phi) is 3.82. The smallest absolute Gasteiger partial charge is 0.274 e. The number of methoxy groups -OCH3 is 1. The fourth-order valence-corrected chi connectivity index (χ4v) is 2.85. The number of hydrogen-bond acceptors (Lipinski definition) is 5. The van der Waals surface area contributed by atoms with E-state index in [1.807, 2.05) is 30.3 Å². The molecule has 1 N–H and O–H groups in total. The molecule has 1 aliphatic carbocycles. The first kappa shape index (κ1) is 15.0. The molecule has 0 saturated heterocycles. The van der Waals surface area contributed by atoms with Gasteiger partial charge >= 0.3 is 0 Å². The first-order valence-corrected chi connectivity index (χ1v) is 7.98. The lowest BCUT2D eigenvalue weighted by molar-refractivity contribution is 0.0916. The SMILES string of the molecule is COCc1cc(C(=O)N[C@H](c2cc3ccccc3o2)C2CC2)no1. The van der Waals surface area contributed by atoms with E-state index >= 15 is 0 Å². The van der Waals surface area contributed by atoms with Crippen LogP contribution < -0.4 is 5.32 Å². The second-order valence-corrected chi connectivity index (χ2v) is 6.09. The van der Waals surface area contributed by atoms with Crippen LogP contribution in [0.25, 0.3) is 11.0 Å². The van der Waals surface area contributed by atoms with Crippen molar-refractivity contribution < 1.29 is 18.5 Å². The molecule has 24 heavy (non-hydrogen) atoms. The molecule has 6 nitrogen and oxygen atoms in total. The van der Waals surface area contributed by atoms with Gasteiger partial charge in [0.25, 0.3) is 5.91 Å². The molecular weight excluding hydrogens is 308 g/mol. The number of furan rings is 1. The van der Waals surface area contributed by atoms with Crippen molar-refractivity contribution in [3.8, 4) is 0 Å². The Morgan fingerprint density at radius 3 is 2.96 bits per heavy atom. The predicted molar refractivity (Wildman–Crippen MR) is 86.4 cm³/mol. The molecule has 6 heteroatoms. The minimum Gasteiger partial charge on any atom is -0.459 e. The van der Waals surface area contributed by atoms with E-state index in [0.717, 1.165) is 29.6 Å². The molecule has 0 radical (unpaired) electrons. The normalized spacial score (nSPS) is 15.5. The molecule has 1 atom stereocenters. The van der Waals surface area contributed by atoms with Gasteiger partial charge in [0.2, 0.25) is 0 Å². The number of nitrogens with one attached hydrogen (secondary N) is 1. The number of para-hydroxylation sites is 1. The Morgan fingerprint density at radius 1 is 1.38 bits per heavy atom. The number of amides is 1. The number of rotatable bonds is 6. The van der Waals surface area contributed by atoms with Gasteiger partial charge in [0.05, 0.1) is 6.04 Å². The first-order valence-electron chi connectivity index (χ1n) is 7.98. The molecule has 0 bridgehead atoms. The van der Waals surface area contributed by atoms with Gasteiger partial charge in [-0.2, -0.15) is 0 Å². The highest BCUT2D eigenvalue weighted by Gasteiger charge is 2.36. The highest BCUT2D eigenvalue weighted by atomic mass is 16.5. The summed E-state index contributed by atoms with van der Waals surface area (Å²) in [6.45, 7) is 0.288. The van der Waals surface area contributed by atoms with Gasteiger partial charge < -0.3 is 19.0 Å². The van der Waals surface area contributed by atoms with Gasteiger partial charge in [0.15, 0.2) is 11.5 Å². The van der Waals surface area contributed by atoms with Gasteiger partial charge in [-0.05, 0) is 30.9 Å². The predicted octanol–water partition coefficient (Wildman–Crippen LogP) is 3.45. The number of carbonyl (C=O) groups is 1. The van der Waals surface area contributed by atoms with Gasteiger partial charge in [-0.25, -0.2) is 0 Å². The molecule has 0 aliphatic heterocycles. The molecule has 1 amide bonds. The van der Waals surface area contributed by atoms with Crippen molar-refractivity contribution >= 4 is 16.9 Å². The molecule has 1 saturated carbocycles. The minimum atomic E-state index is -0.265. The summed E-state index contributed by atoms with van der Waals surface area (Å²) in [6, 6.07) is 11.3. The fraction of sp³-hybridized carbons (Fsp3) is 0.333. The summed E-state index contributed by atoms with van der Waals surface area (Å²) in [6.07, 6.45) is 2.16. The largest absolute Gasteiger partial charge is 0.459 e. The number of fused-ring (bicyclic) bond motifs is 1. The summed E-state index contributed by atoms with van der Waals surface area (Å²) in [5.74, 6) is 1.44. The van der Waals surface area contributed by atoms with Crippen LogP contribution in [0.15, 0.2) is 45.3 Å². The van der Waals surface area contributed by atoms with Gasteiger partial charge in [-0.1, -0.05) is 23.4 Å². The van der Waals surface area contributed by atoms with Crippen LogP contribution in [0.5, 0.6) is 0 Å². The summed E-state index contributed by atoms with van der Waals surface area (Å²) >= 11 is 0. The third-order valence-corrected chi connectivity index (χ3v) is 4.21. The van der Waals surface area contributed by atoms with Gasteiger partial charge in [0, 0.05) is 18.6 Å². The van der Waals surface area contributed by atoms with Crippen LogP contribution in [0.3, 0.4) is 0 Å². The van der Waals surface area contributed by atoms with Gasteiger partial charge in [-0.15, -0.1) is 0 Å². The van der Waals surface area contributed by atoms with Crippen LogP contribution in [0.4, 0.5) is 0 Å². The van der Waals surface area contributed by atoms with Crippen LogP contribution >= 0.6 is 0 Å². The van der Waals surface area contributed by atoms with Crippen molar-refractivity contribution in [1.29, 1.82) is 0 Å². The van der Waals surface area contributed by atoms with Gasteiger partial charge in [0.1, 0.15) is 18.0 Å². The van der Waals surface area contributed by atoms with Crippen molar-refractivity contribution in [2.24, 2.45) is 5.92 Å². The Balaban J connectivity index is 1.55. The number of aromatic nitrogens is 1. The molecule has 0 spiro atoms. The van der Waals surface area contributed by atoms with Crippen molar-refractivity contribution in [2.45, 2.75) is 25.5 Å². The summed E-state index contributed by atoms with van der Waals surface area (Å²) in [5, 5.41) is 7.88. The van der Waals surface area contributed by atoms with E-state index in [4.69, 9.17) is 13.7 Å². The molecule has 2 heterocycles. The topological polar surface area (TPSA) is 77.5 Å². The summed E-state index contributed by atoms with van der Waals surface area (Å²) < 4.78 is 16.0. The lowest BCUT2D eigenvalue weighted by Crippen LogP contribution is -2.29. The van der Waals surface area contributed by atoms with Crippen molar-refractivity contribution in [3.63, 3.8) is 0 Å². The Morgan fingerprint density at radius 2 is 2.21 bits per heavy atom. The molecule has 124 valence electrons. The van der Waals surface area contributed by atoms with E-state index in [2.05, 4.69) is 10.5 Å². The molecular formula is C18H18N2O4. The lowest BCUT2D eigenvalue weighted by Gasteiger charge is -2.14. The molecule has 1 fully saturated rings. The van der Waals surface area contributed by atoms with Crippen LogP contribution in [-0.4, -0.2) is 18.2 Å². The van der Waals surface area contributed by atoms with E-state index in [1.54, 1.807) is 13.2 Å². The van der Waals surface area contributed by atoms with Crippen LogP contribution in [0.1, 0.15) is 40.9 Å². The first-order chi connectivity index (χ1) is 11.7. The number of ether oxygens (including phenoxy) is 1. The maximum Gasteiger partial charge on any atom is 0.274 e.